The van der Waals surface area contributed by atoms with Crippen molar-refractivity contribution < 1.29 is 0 Å². The van der Waals surface area contributed by atoms with Gasteiger partial charge in [-0.25, -0.2) is 0 Å². The van der Waals surface area contributed by atoms with Gasteiger partial charge in [0.1, 0.15) is 0 Å². The van der Waals surface area contributed by atoms with Crippen LogP contribution in [0.5, 0.6) is 0 Å². The van der Waals surface area contributed by atoms with Gasteiger partial charge in [-0.15, -0.1) is 0 Å². The van der Waals surface area contributed by atoms with Gasteiger partial charge in [0.05, 0.1) is 0 Å². The average Bonchev–Trinajstić information content (AvgIpc) is 2.85. The zero-order valence-corrected chi connectivity index (χ0v) is 21.8. The Morgan fingerprint density at radius 3 is 1.73 bits per heavy atom. The fourth-order valence-electron chi connectivity index (χ4n) is 4.56. The maximum absolute atomic E-state index is 2.37. The fourth-order valence-corrected chi connectivity index (χ4v) is 4.56. The molecule has 0 radical (unpaired) electrons. The maximum atomic E-state index is 2.37. The van der Waals surface area contributed by atoms with Crippen LogP contribution in [0.1, 0.15) is 126 Å². The molecule has 2 aromatic carbocycles. The van der Waals surface area contributed by atoms with Crippen LogP contribution in [0.25, 0.3) is 6.08 Å². The molecule has 33 heavy (non-hydrogen) atoms. The van der Waals surface area contributed by atoms with Gasteiger partial charge < -0.3 is 0 Å². The van der Waals surface area contributed by atoms with E-state index < -0.39 is 0 Å². The van der Waals surface area contributed by atoms with Gasteiger partial charge in [-0.05, 0) is 60.8 Å². The summed E-state index contributed by atoms with van der Waals surface area (Å²) in [6.07, 6.45) is 27.3. The Balaban J connectivity index is 1.63. The largest absolute Gasteiger partial charge is 0.0839 e. The molecule has 0 bridgehead atoms. The van der Waals surface area contributed by atoms with Gasteiger partial charge in [0, 0.05) is 0 Å². The zero-order chi connectivity index (χ0) is 23.4. The van der Waals surface area contributed by atoms with Gasteiger partial charge in [0.2, 0.25) is 0 Å². The van der Waals surface area contributed by atoms with Crippen LogP contribution in [0, 0.1) is 0 Å². The van der Waals surface area contributed by atoms with Crippen LogP contribution in [-0.2, 0) is 19.3 Å². The predicted molar refractivity (Wildman–Crippen MR) is 149 cm³/mol. The molecule has 0 aromatic heterocycles. The van der Waals surface area contributed by atoms with Crippen molar-refractivity contribution in [3.05, 3.63) is 76.9 Å². The van der Waals surface area contributed by atoms with Crippen LogP contribution in [-0.4, -0.2) is 0 Å². The standard InChI is InChI=1S/C33H50/c1-3-5-7-9-11-13-14-16-19-30-23-25-31(26-24-30)27-28-33-22-18-21-32(29-33)20-17-15-12-10-8-6-4-2/h17-18,20-26,29H,3-16,19,27-28H2,1-2H3/b20-17+. The van der Waals surface area contributed by atoms with E-state index in [2.05, 4.69) is 74.5 Å². The van der Waals surface area contributed by atoms with E-state index in [0.29, 0.717) is 0 Å². The van der Waals surface area contributed by atoms with E-state index in [0.717, 1.165) is 12.8 Å². The van der Waals surface area contributed by atoms with Crippen molar-refractivity contribution in [2.75, 3.05) is 0 Å². The highest BCUT2D eigenvalue weighted by molar-refractivity contribution is 5.50. The highest BCUT2D eigenvalue weighted by Crippen LogP contribution is 2.15. The molecule has 0 fully saturated rings. The predicted octanol–water partition coefficient (Wildman–Crippen LogP) is 10.5. The molecule has 0 aliphatic carbocycles. The molecule has 0 amide bonds. The molecule has 182 valence electrons. The van der Waals surface area contributed by atoms with Crippen molar-refractivity contribution in [1.82, 2.24) is 0 Å². The normalized spacial score (nSPS) is 11.5. The first-order valence-corrected chi connectivity index (χ1v) is 14.1. The second-order valence-corrected chi connectivity index (χ2v) is 9.89. The minimum Gasteiger partial charge on any atom is -0.0839 e. The number of allylic oxidation sites excluding steroid dienone is 1. The van der Waals surface area contributed by atoms with Crippen LogP contribution < -0.4 is 0 Å². The molecule has 0 saturated heterocycles. The number of benzene rings is 2. The third kappa shape index (κ3) is 13.5. The third-order valence-corrected chi connectivity index (χ3v) is 6.78. The Kier molecular flexibility index (Phi) is 15.4. The summed E-state index contributed by atoms with van der Waals surface area (Å²) in [5.41, 5.74) is 5.76. The van der Waals surface area contributed by atoms with Crippen LogP contribution in [0.3, 0.4) is 0 Å². The zero-order valence-electron chi connectivity index (χ0n) is 21.8. The molecule has 0 nitrogen and oxygen atoms in total. The number of hydrogen-bond donors (Lipinski definition) is 0. The first-order valence-electron chi connectivity index (χ1n) is 14.1. The number of hydrogen-bond acceptors (Lipinski definition) is 0. The Morgan fingerprint density at radius 1 is 0.515 bits per heavy atom. The van der Waals surface area contributed by atoms with E-state index >= 15 is 0 Å². The molecular weight excluding hydrogens is 396 g/mol. The maximum Gasteiger partial charge on any atom is -0.0238 e. The Hall–Kier alpha value is -1.82. The molecule has 0 atom stereocenters. The first-order chi connectivity index (χ1) is 16.3. The SMILES string of the molecule is CCCCCCC/C=C/c1cccc(CCc2ccc(CCCCCCCCCC)cc2)c1. The lowest BCUT2D eigenvalue weighted by atomic mass is 9.99. The number of rotatable bonds is 19. The summed E-state index contributed by atoms with van der Waals surface area (Å²) >= 11 is 0. The van der Waals surface area contributed by atoms with Crippen molar-refractivity contribution in [2.24, 2.45) is 0 Å². The molecular formula is C33H50. The first kappa shape index (κ1) is 27.4. The number of unbranched alkanes of at least 4 members (excludes halogenated alkanes) is 12. The summed E-state index contributed by atoms with van der Waals surface area (Å²) < 4.78 is 0. The molecule has 0 N–H and O–H groups in total. The minimum absolute atomic E-state index is 1.12. The van der Waals surface area contributed by atoms with E-state index in [1.165, 1.54) is 119 Å². The average molecular weight is 447 g/mol. The van der Waals surface area contributed by atoms with E-state index in [1.54, 1.807) is 0 Å². The van der Waals surface area contributed by atoms with Gasteiger partial charge >= 0.3 is 0 Å². The summed E-state index contributed by atoms with van der Waals surface area (Å²) in [4.78, 5) is 0. The molecule has 0 saturated carbocycles. The number of aryl methyl sites for hydroxylation is 3. The molecule has 2 rings (SSSR count). The van der Waals surface area contributed by atoms with Crippen molar-refractivity contribution in [2.45, 2.75) is 123 Å². The second kappa shape index (κ2) is 18.6. The Bertz CT molecular complexity index is 737. The monoisotopic (exact) mass is 446 g/mol. The van der Waals surface area contributed by atoms with E-state index in [1.807, 2.05) is 0 Å². The lowest BCUT2D eigenvalue weighted by Crippen LogP contribution is -1.93. The Labute approximate surface area is 205 Å². The third-order valence-electron chi connectivity index (χ3n) is 6.78. The van der Waals surface area contributed by atoms with Crippen molar-refractivity contribution >= 4 is 6.08 Å². The van der Waals surface area contributed by atoms with Crippen LogP contribution in [0.2, 0.25) is 0 Å². The summed E-state index contributed by atoms with van der Waals surface area (Å²) in [7, 11) is 0. The summed E-state index contributed by atoms with van der Waals surface area (Å²) in [6, 6.07) is 18.5. The van der Waals surface area contributed by atoms with Crippen LogP contribution >= 0.6 is 0 Å². The van der Waals surface area contributed by atoms with E-state index in [-0.39, 0.29) is 0 Å². The van der Waals surface area contributed by atoms with Crippen molar-refractivity contribution in [3.63, 3.8) is 0 Å². The van der Waals surface area contributed by atoms with Crippen molar-refractivity contribution in [1.29, 1.82) is 0 Å². The van der Waals surface area contributed by atoms with E-state index in [4.69, 9.17) is 0 Å². The van der Waals surface area contributed by atoms with Gasteiger partial charge in [-0.2, -0.15) is 0 Å². The van der Waals surface area contributed by atoms with Gasteiger partial charge in [-0.1, -0.05) is 145 Å². The molecule has 0 aliphatic heterocycles. The highest BCUT2D eigenvalue weighted by atomic mass is 14.1. The quantitative estimate of drug-likeness (QED) is 0.188. The summed E-state index contributed by atoms with van der Waals surface area (Å²) in [5.74, 6) is 0. The van der Waals surface area contributed by atoms with Gasteiger partial charge in [0.25, 0.3) is 0 Å². The molecule has 0 heterocycles. The molecule has 2 aromatic rings. The Morgan fingerprint density at radius 2 is 1.06 bits per heavy atom. The lowest BCUT2D eigenvalue weighted by molar-refractivity contribution is 0.575. The van der Waals surface area contributed by atoms with Gasteiger partial charge in [-0.3, -0.25) is 0 Å². The van der Waals surface area contributed by atoms with Crippen LogP contribution in [0.15, 0.2) is 54.6 Å². The minimum atomic E-state index is 1.12. The molecule has 0 aliphatic rings. The second-order valence-electron chi connectivity index (χ2n) is 9.89. The van der Waals surface area contributed by atoms with Crippen molar-refractivity contribution in [3.8, 4) is 0 Å². The topological polar surface area (TPSA) is 0 Å². The molecule has 0 unspecified atom stereocenters. The lowest BCUT2D eigenvalue weighted by Gasteiger charge is -2.06. The summed E-state index contributed by atoms with van der Waals surface area (Å²) in [6.45, 7) is 4.57. The summed E-state index contributed by atoms with van der Waals surface area (Å²) in [5, 5.41) is 0. The smallest absolute Gasteiger partial charge is 0.0238 e. The van der Waals surface area contributed by atoms with Gasteiger partial charge in [0.15, 0.2) is 0 Å². The molecule has 0 spiro atoms. The highest BCUT2D eigenvalue weighted by Gasteiger charge is 1.99. The van der Waals surface area contributed by atoms with E-state index in [9.17, 15) is 0 Å². The molecule has 0 heteroatoms. The van der Waals surface area contributed by atoms with Crippen LogP contribution in [0.4, 0.5) is 0 Å². The fraction of sp³-hybridized carbons (Fsp3) is 0.576.